The zero-order valence-electron chi connectivity index (χ0n) is 15.0. The summed E-state index contributed by atoms with van der Waals surface area (Å²) in [5.74, 6) is 0.657. The molecule has 23 heavy (non-hydrogen) atoms. The van der Waals surface area contributed by atoms with Crippen LogP contribution in [0.1, 0.15) is 37.5 Å². The monoisotopic (exact) mass is 307 g/mol. The van der Waals surface area contributed by atoms with Gasteiger partial charge in [-0.3, -0.25) is 0 Å². The zero-order valence-corrected chi connectivity index (χ0v) is 15.0. The first kappa shape index (κ1) is 17.3. The molecule has 2 rings (SSSR count). The van der Waals surface area contributed by atoms with Gasteiger partial charge in [0.15, 0.2) is 0 Å². The molecule has 0 bridgehead atoms. The van der Waals surface area contributed by atoms with E-state index in [0.29, 0.717) is 5.92 Å². The van der Waals surface area contributed by atoms with Crippen molar-refractivity contribution >= 4 is 11.4 Å². The number of benzene rings is 2. The van der Waals surface area contributed by atoms with Crippen molar-refractivity contribution in [3.05, 3.63) is 71.8 Å². The van der Waals surface area contributed by atoms with Gasteiger partial charge in [-0.2, -0.15) is 0 Å². The second kappa shape index (κ2) is 8.01. The van der Waals surface area contributed by atoms with Crippen LogP contribution < -0.4 is 4.90 Å². The third-order valence-corrected chi connectivity index (χ3v) is 4.25. The van der Waals surface area contributed by atoms with Crippen LogP contribution in [0.2, 0.25) is 0 Å². The summed E-state index contributed by atoms with van der Waals surface area (Å²) in [6, 6.07) is 15.7. The highest BCUT2D eigenvalue weighted by molar-refractivity contribution is 5.66. The van der Waals surface area contributed by atoms with E-state index in [-0.39, 0.29) is 0 Å². The summed E-state index contributed by atoms with van der Waals surface area (Å²) in [5.41, 5.74) is 6.71. The average molecular weight is 307 g/mol. The topological polar surface area (TPSA) is 3.24 Å². The molecule has 0 aliphatic rings. The van der Waals surface area contributed by atoms with Gasteiger partial charge in [-0.05, 0) is 60.1 Å². The van der Waals surface area contributed by atoms with Crippen LogP contribution in [0.25, 0.3) is 0 Å². The fraction of sp³-hybridized carbons (Fsp3) is 0.364. The van der Waals surface area contributed by atoms with Crippen molar-refractivity contribution in [2.45, 2.75) is 40.0 Å². The summed E-state index contributed by atoms with van der Waals surface area (Å²) in [6.07, 6.45) is 5.07. The lowest BCUT2D eigenvalue weighted by Crippen LogP contribution is -2.13. The minimum absolute atomic E-state index is 0.657. The van der Waals surface area contributed by atoms with E-state index in [1.165, 1.54) is 28.1 Å². The van der Waals surface area contributed by atoms with Crippen molar-refractivity contribution in [1.29, 1.82) is 0 Å². The summed E-state index contributed by atoms with van der Waals surface area (Å²) >= 11 is 0. The predicted molar refractivity (Wildman–Crippen MR) is 103 cm³/mol. The molecule has 0 aromatic heterocycles. The Morgan fingerprint density at radius 2 is 1.70 bits per heavy atom. The highest BCUT2D eigenvalue weighted by Gasteiger charge is 2.11. The number of nitrogens with zero attached hydrogens (tertiary/aromatic N) is 1. The summed E-state index contributed by atoms with van der Waals surface area (Å²) in [7, 11) is 2.16. The van der Waals surface area contributed by atoms with Crippen molar-refractivity contribution in [2.75, 3.05) is 11.9 Å². The maximum atomic E-state index is 3.81. The quantitative estimate of drug-likeness (QED) is 0.572. The maximum Gasteiger partial charge on any atom is 0.0440 e. The number of rotatable bonds is 7. The molecular weight excluding hydrogens is 278 g/mol. The van der Waals surface area contributed by atoms with Crippen LogP contribution in [-0.2, 0) is 19.3 Å². The van der Waals surface area contributed by atoms with E-state index in [4.69, 9.17) is 0 Å². The molecule has 0 fully saturated rings. The van der Waals surface area contributed by atoms with Gasteiger partial charge in [-0.1, -0.05) is 51.1 Å². The van der Waals surface area contributed by atoms with Crippen molar-refractivity contribution < 1.29 is 0 Å². The van der Waals surface area contributed by atoms with Crippen LogP contribution in [0.15, 0.2) is 55.1 Å². The zero-order chi connectivity index (χ0) is 16.8. The summed E-state index contributed by atoms with van der Waals surface area (Å²) in [5, 5.41) is 0. The normalized spacial score (nSPS) is 10.8. The lowest BCUT2D eigenvalue weighted by molar-refractivity contribution is 0.646. The molecule has 0 radical (unpaired) electrons. The van der Waals surface area contributed by atoms with Crippen LogP contribution in [-0.4, -0.2) is 7.05 Å². The average Bonchev–Trinajstić information content (AvgIpc) is 2.54. The smallest absolute Gasteiger partial charge is 0.0440 e. The molecule has 0 unspecified atom stereocenters. The molecule has 0 aliphatic carbocycles. The van der Waals surface area contributed by atoms with Crippen LogP contribution >= 0.6 is 0 Å². The number of hydrogen-bond donors (Lipinski definition) is 0. The van der Waals surface area contributed by atoms with Gasteiger partial charge in [0.25, 0.3) is 0 Å². The third-order valence-electron chi connectivity index (χ3n) is 4.25. The first-order chi connectivity index (χ1) is 11.0. The molecule has 0 saturated carbocycles. The lowest BCUT2D eigenvalue weighted by atomic mass is 9.97. The fourth-order valence-electron chi connectivity index (χ4n) is 2.95. The summed E-state index contributed by atoms with van der Waals surface area (Å²) < 4.78 is 0. The Morgan fingerprint density at radius 3 is 2.26 bits per heavy atom. The van der Waals surface area contributed by atoms with E-state index in [9.17, 15) is 0 Å². The summed E-state index contributed by atoms with van der Waals surface area (Å²) in [4.78, 5) is 2.30. The van der Waals surface area contributed by atoms with Gasteiger partial charge in [0, 0.05) is 18.4 Å². The standard InChI is InChI=1S/C22H29N/c1-6-8-19-9-12-21(13-10-19)23(5)22-14-11-18(7-2)16-20(22)15-17(3)4/h6,9-14,16-17H,1,7-8,15H2,2-5H3. The van der Waals surface area contributed by atoms with Gasteiger partial charge in [-0.25, -0.2) is 0 Å². The van der Waals surface area contributed by atoms with Crippen LogP contribution in [0.5, 0.6) is 0 Å². The van der Waals surface area contributed by atoms with Gasteiger partial charge in [-0.15, -0.1) is 6.58 Å². The molecule has 0 saturated heterocycles. The molecule has 1 heteroatoms. The minimum atomic E-state index is 0.657. The van der Waals surface area contributed by atoms with Crippen LogP contribution in [0, 0.1) is 5.92 Å². The number of aryl methyl sites for hydroxylation is 1. The molecule has 0 N–H and O–H groups in total. The fourth-order valence-corrected chi connectivity index (χ4v) is 2.95. The molecule has 0 atom stereocenters. The number of anilines is 2. The van der Waals surface area contributed by atoms with Crippen molar-refractivity contribution in [1.82, 2.24) is 0 Å². The molecule has 0 aliphatic heterocycles. The molecular formula is C22H29N. The number of hydrogen-bond acceptors (Lipinski definition) is 1. The lowest BCUT2D eigenvalue weighted by Gasteiger charge is -2.24. The molecule has 0 amide bonds. The minimum Gasteiger partial charge on any atom is -0.344 e. The van der Waals surface area contributed by atoms with Gasteiger partial charge in [0.2, 0.25) is 0 Å². The third kappa shape index (κ3) is 4.48. The first-order valence-electron chi connectivity index (χ1n) is 8.60. The molecule has 1 nitrogen and oxygen atoms in total. The van der Waals surface area contributed by atoms with Gasteiger partial charge in [0.05, 0.1) is 0 Å². The Morgan fingerprint density at radius 1 is 1.04 bits per heavy atom. The van der Waals surface area contributed by atoms with Crippen molar-refractivity contribution in [3.63, 3.8) is 0 Å². The highest BCUT2D eigenvalue weighted by Crippen LogP contribution is 2.30. The van der Waals surface area contributed by atoms with E-state index in [0.717, 1.165) is 19.3 Å². The van der Waals surface area contributed by atoms with E-state index in [1.807, 2.05) is 6.08 Å². The second-order valence-electron chi connectivity index (χ2n) is 6.63. The van der Waals surface area contributed by atoms with E-state index >= 15 is 0 Å². The van der Waals surface area contributed by atoms with E-state index in [1.54, 1.807) is 0 Å². The van der Waals surface area contributed by atoms with E-state index < -0.39 is 0 Å². The summed E-state index contributed by atoms with van der Waals surface area (Å²) in [6.45, 7) is 10.6. The predicted octanol–water partition coefficient (Wildman–Crippen LogP) is 5.94. The van der Waals surface area contributed by atoms with Gasteiger partial charge < -0.3 is 4.90 Å². The SMILES string of the molecule is C=CCc1ccc(N(C)c2ccc(CC)cc2CC(C)C)cc1. The Kier molecular flexibility index (Phi) is 6.04. The van der Waals surface area contributed by atoms with Crippen LogP contribution in [0.4, 0.5) is 11.4 Å². The van der Waals surface area contributed by atoms with Crippen LogP contribution in [0.3, 0.4) is 0 Å². The number of allylic oxidation sites excluding steroid dienone is 1. The second-order valence-corrected chi connectivity index (χ2v) is 6.63. The van der Waals surface area contributed by atoms with E-state index in [2.05, 4.69) is 81.8 Å². The molecule has 0 heterocycles. The van der Waals surface area contributed by atoms with Crippen molar-refractivity contribution in [3.8, 4) is 0 Å². The Hall–Kier alpha value is -2.02. The molecule has 2 aromatic rings. The highest BCUT2D eigenvalue weighted by atomic mass is 15.1. The van der Waals surface area contributed by atoms with Gasteiger partial charge in [0.1, 0.15) is 0 Å². The Labute approximate surface area is 141 Å². The van der Waals surface area contributed by atoms with Crippen molar-refractivity contribution in [2.24, 2.45) is 5.92 Å². The Bertz CT molecular complexity index is 638. The largest absolute Gasteiger partial charge is 0.344 e. The molecule has 122 valence electrons. The van der Waals surface area contributed by atoms with Gasteiger partial charge >= 0.3 is 0 Å². The first-order valence-corrected chi connectivity index (χ1v) is 8.60. The molecule has 0 spiro atoms. The Balaban J connectivity index is 2.33. The molecule has 2 aromatic carbocycles. The maximum absolute atomic E-state index is 3.81.